The lowest BCUT2D eigenvalue weighted by molar-refractivity contribution is -0.132. The van der Waals surface area contributed by atoms with E-state index in [0.29, 0.717) is 24.2 Å². The van der Waals surface area contributed by atoms with E-state index in [9.17, 15) is 4.79 Å². The second kappa shape index (κ2) is 8.27. The van der Waals surface area contributed by atoms with Crippen molar-refractivity contribution in [3.63, 3.8) is 0 Å². The lowest BCUT2D eigenvalue weighted by atomic mass is 9.95. The number of likely N-dealkylation sites (tertiary alicyclic amines) is 1. The van der Waals surface area contributed by atoms with E-state index in [1.165, 1.54) is 0 Å². The lowest BCUT2D eigenvalue weighted by Gasteiger charge is -2.26. The number of carbonyl (C=O) groups is 1. The van der Waals surface area contributed by atoms with E-state index >= 15 is 0 Å². The number of nitrogen functional groups attached to an aromatic ring is 1. The predicted molar refractivity (Wildman–Crippen MR) is 102 cm³/mol. The standard InChI is InChI=1S/C20H27N5O/c1-3-17(15-7-5-4-6-8-15)20(26)25-12-10-16(13-25)24(2)14-19-22-11-9-18(21)23-19/h4-9,11,16-17H,3,10,12-14H2,1-2H3,(H2,21,22,23)/t16-,17+/m1/s1. The summed E-state index contributed by atoms with van der Waals surface area (Å²) in [5.74, 6) is 1.38. The lowest BCUT2D eigenvalue weighted by Crippen LogP contribution is -2.38. The Balaban J connectivity index is 1.61. The molecule has 2 N–H and O–H groups in total. The fourth-order valence-electron chi connectivity index (χ4n) is 3.60. The molecule has 6 heteroatoms. The summed E-state index contributed by atoms with van der Waals surface area (Å²) in [5.41, 5.74) is 6.83. The van der Waals surface area contributed by atoms with Crippen LogP contribution in [0.25, 0.3) is 0 Å². The Hall–Kier alpha value is -2.47. The van der Waals surface area contributed by atoms with E-state index in [1.54, 1.807) is 12.3 Å². The summed E-state index contributed by atoms with van der Waals surface area (Å²) >= 11 is 0. The molecule has 1 aliphatic heterocycles. The normalized spacial score (nSPS) is 18.3. The van der Waals surface area contributed by atoms with Gasteiger partial charge in [0.2, 0.25) is 5.91 Å². The smallest absolute Gasteiger partial charge is 0.230 e. The van der Waals surface area contributed by atoms with Crippen LogP contribution in [0.4, 0.5) is 5.82 Å². The molecule has 1 aromatic heterocycles. The first-order valence-corrected chi connectivity index (χ1v) is 9.19. The summed E-state index contributed by atoms with van der Waals surface area (Å²) in [7, 11) is 2.06. The van der Waals surface area contributed by atoms with Crippen molar-refractivity contribution in [2.24, 2.45) is 0 Å². The highest BCUT2D eigenvalue weighted by atomic mass is 16.2. The van der Waals surface area contributed by atoms with Gasteiger partial charge in [-0.05, 0) is 31.5 Å². The Kier molecular flexibility index (Phi) is 5.83. The number of likely N-dealkylation sites (N-methyl/N-ethyl adjacent to an activating group) is 1. The van der Waals surface area contributed by atoms with Gasteiger partial charge in [-0.2, -0.15) is 0 Å². The van der Waals surface area contributed by atoms with E-state index < -0.39 is 0 Å². The molecule has 0 unspecified atom stereocenters. The zero-order valence-corrected chi connectivity index (χ0v) is 15.5. The molecule has 6 nitrogen and oxygen atoms in total. The fourth-order valence-corrected chi connectivity index (χ4v) is 3.60. The van der Waals surface area contributed by atoms with Gasteiger partial charge in [0.1, 0.15) is 11.6 Å². The Labute approximate surface area is 155 Å². The third-order valence-corrected chi connectivity index (χ3v) is 5.12. The third-order valence-electron chi connectivity index (χ3n) is 5.12. The highest BCUT2D eigenvalue weighted by Crippen LogP contribution is 2.25. The molecular weight excluding hydrogens is 326 g/mol. The second-order valence-electron chi connectivity index (χ2n) is 6.91. The maximum absolute atomic E-state index is 13.0. The Morgan fingerprint density at radius 2 is 2.12 bits per heavy atom. The minimum absolute atomic E-state index is 0.0579. The molecule has 1 aliphatic rings. The van der Waals surface area contributed by atoms with E-state index in [-0.39, 0.29) is 11.8 Å². The largest absolute Gasteiger partial charge is 0.384 e. The Morgan fingerprint density at radius 1 is 1.35 bits per heavy atom. The third kappa shape index (κ3) is 4.19. The van der Waals surface area contributed by atoms with Crippen LogP contribution in [0, 0.1) is 0 Å². The van der Waals surface area contributed by atoms with Gasteiger partial charge in [0, 0.05) is 25.3 Å². The fraction of sp³-hybridized carbons (Fsp3) is 0.450. The van der Waals surface area contributed by atoms with E-state index in [4.69, 9.17) is 5.73 Å². The molecule has 2 heterocycles. The van der Waals surface area contributed by atoms with Gasteiger partial charge >= 0.3 is 0 Å². The minimum atomic E-state index is -0.0579. The first-order valence-electron chi connectivity index (χ1n) is 9.19. The predicted octanol–water partition coefficient (Wildman–Crippen LogP) is 2.29. The molecule has 2 aromatic rings. The molecule has 1 fully saturated rings. The SMILES string of the molecule is CC[C@H](C(=O)N1CC[C@@H](N(C)Cc2nccc(N)n2)C1)c1ccccc1. The number of rotatable bonds is 6. The monoisotopic (exact) mass is 353 g/mol. The maximum Gasteiger partial charge on any atom is 0.230 e. The number of aromatic nitrogens is 2. The van der Waals surface area contributed by atoms with Gasteiger partial charge in [-0.25, -0.2) is 9.97 Å². The van der Waals surface area contributed by atoms with Gasteiger partial charge in [0.05, 0.1) is 12.5 Å². The van der Waals surface area contributed by atoms with Crippen molar-refractivity contribution in [1.29, 1.82) is 0 Å². The molecule has 1 aromatic carbocycles. The molecule has 0 radical (unpaired) electrons. The van der Waals surface area contributed by atoms with Crippen LogP contribution in [0.15, 0.2) is 42.6 Å². The number of hydrogen-bond acceptors (Lipinski definition) is 5. The van der Waals surface area contributed by atoms with Crippen molar-refractivity contribution < 1.29 is 4.79 Å². The molecule has 0 saturated carbocycles. The quantitative estimate of drug-likeness (QED) is 0.862. The van der Waals surface area contributed by atoms with Crippen LogP contribution in [0.5, 0.6) is 0 Å². The van der Waals surface area contributed by atoms with Gasteiger partial charge in [-0.1, -0.05) is 37.3 Å². The number of benzene rings is 1. The highest BCUT2D eigenvalue weighted by molar-refractivity contribution is 5.84. The number of hydrogen-bond donors (Lipinski definition) is 1. The van der Waals surface area contributed by atoms with Crippen LogP contribution >= 0.6 is 0 Å². The summed E-state index contributed by atoms with van der Waals surface area (Å²) in [4.78, 5) is 25.8. The second-order valence-corrected chi connectivity index (χ2v) is 6.91. The van der Waals surface area contributed by atoms with Crippen molar-refractivity contribution >= 4 is 11.7 Å². The van der Waals surface area contributed by atoms with Crippen LogP contribution in [0.3, 0.4) is 0 Å². The molecule has 0 bridgehead atoms. The molecule has 26 heavy (non-hydrogen) atoms. The Morgan fingerprint density at radius 3 is 2.81 bits per heavy atom. The van der Waals surface area contributed by atoms with Crippen molar-refractivity contribution in [1.82, 2.24) is 19.8 Å². The average Bonchev–Trinajstić information content (AvgIpc) is 3.13. The molecule has 3 rings (SSSR count). The van der Waals surface area contributed by atoms with Gasteiger partial charge in [-0.3, -0.25) is 9.69 Å². The van der Waals surface area contributed by atoms with Gasteiger partial charge in [0.15, 0.2) is 0 Å². The van der Waals surface area contributed by atoms with Crippen LogP contribution < -0.4 is 5.73 Å². The summed E-state index contributed by atoms with van der Waals surface area (Å²) in [6, 6.07) is 12.1. The average molecular weight is 353 g/mol. The van der Waals surface area contributed by atoms with Gasteiger partial charge in [-0.15, -0.1) is 0 Å². The molecule has 0 spiro atoms. The number of anilines is 1. The number of nitrogens with two attached hydrogens (primary N) is 1. The number of amides is 1. The number of nitrogens with zero attached hydrogens (tertiary/aromatic N) is 4. The number of carbonyl (C=O) groups excluding carboxylic acids is 1. The molecule has 1 saturated heterocycles. The first kappa shape index (κ1) is 18.3. The van der Waals surface area contributed by atoms with E-state index in [0.717, 1.165) is 31.5 Å². The van der Waals surface area contributed by atoms with E-state index in [1.807, 2.05) is 35.2 Å². The van der Waals surface area contributed by atoms with Crippen molar-refractivity contribution in [2.75, 3.05) is 25.9 Å². The Bertz CT molecular complexity index is 736. The highest BCUT2D eigenvalue weighted by Gasteiger charge is 2.32. The van der Waals surface area contributed by atoms with Crippen LogP contribution in [0.1, 0.15) is 37.1 Å². The van der Waals surface area contributed by atoms with Crippen LogP contribution in [-0.4, -0.2) is 51.9 Å². The zero-order valence-electron chi connectivity index (χ0n) is 15.5. The molecule has 138 valence electrons. The molecular formula is C20H27N5O. The first-order chi connectivity index (χ1) is 12.6. The molecule has 0 aliphatic carbocycles. The van der Waals surface area contributed by atoms with Crippen LogP contribution in [-0.2, 0) is 11.3 Å². The van der Waals surface area contributed by atoms with Crippen molar-refractivity contribution in [2.45, 2.75) is 38.3 Å². The van der Waals surface area contributed by atoms with E-state index in [2.05, 4.69) is 28.8 Å². The maximum atomic E-state index is 13.0. The summed E-state index contributed by atoms with van der Waals surface area (Å²) < 4.78 is 0. The molecule has 2 atom stereocenters. The molecule has 1 amide bonds. The van der Waals surface area contributed by atoms with Crippen molar-refractivity contribution in [3.8, 4) is 0 Å². The minimum Gasteiger partial charge on any atom is -0.384 e. The van der Waals surface area contributed by atoms with Gasteiger partial charge in [0.25, 0.3) is 0 Å². The van der Waals surface area contributed by atoms with Gasteiger partial charge < -0.3 is 10.6 Å². The van der Waals surface area contributed by atoms with Crippen LogP contribution in [0.2, 0.25) is 0 Å². The summed E-state index contributed by atoms with van der Waals surface area (Å²) in [6.07, 6.45) is 3.47. The topological polar surface area (TPSA) is 75.4 Å². The zero-order chi connectivity index (χ0) is 18.5. The summed E-state index contributed by atoms with van der Waals surface area (Å²) in [6.45, 7) is 4.26. The summed E-state index contributed by atoms with van der Waals surface area (Å²) in [5, 5.41) is 0. The van der Waals surface area contributed by atoms with Crippen molar-refractivity contribution in [3.05, 3.63) is 54.0 Å².